The normalized spacial score (nSPS) is 23.1. The van der Waals surface area contributed by atoms with Crippen LogP contribution in [0, 0.1) is 17.8 Å². The first kappa shape index (κ1) is 30.1. The van der Waals surface area contributed by atoms with Crippen LogP contribution in [0.25, 0.3) is 0 Å². The molecule has 0 radical (unpaired) electrons. The van der Waals surface area contributed by atoms with Crippen molar-refractivity contribution in [1.82, 2.24) is 0 Å². The minimum absolute atomic E-state index is 0.0547. The third kappa shape index (κ3) is 6.07. The first-order chi connectivity index (χ1) is 19.8. The fraction of sp³-hybridized carbons (Fsp3) is 0.514. The zero-order valence-corrected chi connectivity index (χ0v) is 26.8. The van der Waals surface area contributed by atoms with Gasteiger partial charge in [0.1, 0.15) is 5.75 Å². The standard InChI is InChI=1S/C37H50O3Si/c1-6-7-16-29(38)22-23-32-33-24-27-15-14-21-35(39-5)34(27)25-28(33)26-36(32)40-41(37(2,3)4,30-17-10-8-11-18-30)31-19-12-9-13-20-31/h8-15,17-21,28-29,32-33,36,38H,6-7,16,22-26H2,1-5H3/t28-,29-,32+,33?,36+/m0/s1. The van der Waals surface area contributed by atoms with Crippen molar-refractivity contribution in [2.24, 2.45) is 17.8 Å². The van der Waals surface area contributed by atoms with Crippen molar-refractivity contribution < 1.29 is 14.3 Å². The van der Waals surface area contributed by atoms with Crippen LogP contribution >= 0.6 is 0 Å². The van der Waals surface area contributed by atoms with Gasteiger partial charge in [-0.25, -0.2) is 0 Å². The van der Waals surface area contributed by atoms with E-state index >= 15 is 0 Å². The van der Waals surface area contributed by atoms with E-state index in [0.717, 1.165) is 57.1 Å². The molecule has 1 saturated carbocycles. The minimum atomic E-state index is -2.68. The van der Waals surface area contributed by atoms with Crippen LogP contribution < -0.4 is 15.1 Å². The van der Waals surface area contributed by atoms with Gasteiger partial charge in [-0.05, 0) is 88.9 Å². The van der Waals surface area contributed by atoms with Gasteiger partial charge >= 0.3 is 0 Å². The number of rotatable bonds is 11. The van der Waals surface area contributed by atoms with Crippen LogP contribution in [-0.2, 0) is 17.3 Å². The molecule has 1 fully saturated rings. The van der Waals surface area contributed by atoms with Crippen LogP contribution in [-0.4, -0.2) is 32.7 Å². The van der Waals surface area contributed by atoms with Gasteiger partial charge < -0.3 is 14.3 Å². The predicted octanol–water partition coefficient (Wildman–Crippen LogP) is 7.32. The molecule has 0 amide bonds. The van der Waals surface area contributed by atoms with E-state index in [2.05, 4.69) is 107 Å². The number of fused-ring (bicyclic) bond motifs is 2. The molecule has 41 heavy (non-hydrogen) atoms. The Balaban J connectivity index is 1.54. The lowest BCUT2D eigenvalue weighted by molar-refractivity contribution is 0.0951. The molecule has 5 atom stereocenters. The van der Waals surface area contributed by atoms with Crippen LogP contribution in [0.2, 0.25) is 5.04 Å². The van der Waals surface area contributed by atoms with Crippen molar-refractivity contribution in [2.45, 2.75) is 96.3 Å². The number of ether oxygens (including phenoxy) is 1. The van der Waals surface area contributed by atoms with E-state index in [4.69, 9.17) is 9.16 Å². The zero-order valence-electron chi connectivity index (χ0n) is 25.8. The van der Waals surface area contributed by atoms with Crippen LogP contribution in [0.5, 0.6) is 5.75 Å². The Kier molecular flexibility index (Phi) is 9.42. The van der Waals surface area contributed by atoms with E-state index in [9.17, 15) is 5.11 Å². The summed E-state index contributed by atoms with van der Waals surface area (Å²) in [6, 6.07) is 28.7. The van der Waals surface area contributed by atoms with Gasteiger partial charge in [0, 0.05) is 6.10 Å². The second-order valence-electron chi connectivity index (χ2n) is 13.5. The summed E-state index contributed by atoms with van der Waals surface area (Å²) in [5.41, 5.74) is 2.83. The lowest BCUT2D eigenvalue weighted by Gasteiger charge is -2.46. The van der Waals surface area contributed by atoms with E-state index in [-0.39, 0.29) is 17.2 Å². The molecule has 2 aliphatic rings. The van der Waals surface area contributed by atoms with Gasteiger partial charge in [-0.1, -0.05) is 113 Å². The monoisotopic (exact) mass is 570 g/mol. The average Bonchev–Trinajstić information content (AvgIpc) is 3.31. The van der Waals surface area contributed by atoms with E-state index in [0.29, 0.717) is 17.8 Å². The molecule has 0 aromatic heterocycles. The van der Waals surface area contributed by atoms with E-state index < -0.39 is 8.32 Å². The summed E-state index contributed by atoms with van der Waals surface area (Å²) in [6.45, 7) is 9.35. The maximum atomic E-state index is 10.9. The molecular weight excluding hydrogens is 520 g/mol. The number of methoxy groups -OCH3 is 1. The van der Waals surface area contributed by atoms with Gasteiger partial charge in [0.15, 0.2) is 0 Å². The van der Waals surface area contributed by atoms with E-state index in [1.807, 2.05) is 0 Å². The molecule has 3 nitrogen and oxygen atoms in total. The van der Waals surface area contributed by atoms with Gasteiger partial charge in [0.25, 0.3) is 8.32 Å². The predicted molar refractivity (Wildman–Crippen MR) is 173 cm³/mol. The molecular formula is C37H50O3Si. The van der Waals surface area contributed by atoms with Crippen molar-refractivity contribution in [1.29, 1.82) is 0 Å². The third-order valence-electron chi connectivity index (χ3n) is 10.0. The lowest BCUT2D eigenvalue weighted by atomic mass is 9.73. The SMILES string of the molecule is CCCC[C@H](O)CC[C@@H]1C2Cc3cccc(OC)c3C[C@H]2C[C@H]1O[Si](c1ccccc1)(c1ccccc1)C(C)(C)C. The van der Waals surface area contributed by atoms with Crippen LogP contribution in [0.3, 0.4) is 0 Å². The van der Waals surface area contributed by atoms with Crippen molar-refractivity contribution in [3.8, 4) is 5.75 Å². The fourth-order valence-corrected chi connectivity index (χ4v) is 12.7. The molecule has 0 spiro atoms. The molecule has 220 valence electrons. The zero-order chi connectivity index (χ0) is 29.0. The maximum absolute atomic E-state index is 10.9. The summed E-state index contributed by atoms with van der Waals surface area (Å²) in [6.07, 6.45) is 8.14. The smallest absolute Gasteiger partial charge is 0.261 e. The van der Waals surface area contributed by atoms with Crippen LogP contribution in [0.4, 0.5) is 0 Å². The maximum Gasteiger partial charge on any atom is 0.261 e. The van der Waals surface area contributed by atoms with Gasteiger partial charge in [0.05, 0.1) is 13.2 Å². The van der Waals surface area contributed by atoms with E-state index in [1.54, 1.807) is 7.11 Å². The molecule has 0 heterocycles. The molecule has 1 N–H and O–H groups in total. The molecule has 3 aromatic carbocycles. The lowest BCUT2D eigenvalue weighted by Crippen LogP contribution is -2.68. The summed E-state index contributed by atoms with van der Waals surface area (Å²) in [5, 5.41) is 13.6. The number of aliphatic hydroxyl groups excluding tert-OH is 1. The van der Waals surface area contributed by atoms with E-state index in [1.165, 1.54) is 21.5 Å². The number of aliphatic hydroxyl groups is 1. The molecule has 0 saturated heterocycles. The summed E-state index contributed by atoms with van der Waals surface area (Å²) >= 11 is 0. The van der Waals surface area contributed by atoms with Gasteiger partial charge in [-0.3, -0.25) is 0 Å². The Labute approximate surface area is 249 Å². The Morgan fingerprint density at radius 1 is 0.878 bits per heavy atom. The summed E-state index contributed by atoms with van der Waals surface area (Å²) < 4.78 is 13.6. The summed E-state index contributed by atoms with van der Waals surface area (Å²) in [5.74, 6) is 2.59. The second-order valence-corrected chi connectivity index (χ2v) is 17.8. The molecule has 3 aromatic rings. The van der Waals surface area contributed by atoms with Gasteiger partial charge in [0.2, 0.25) is 0 Å². The Morgan fingerprint density at radius 3 is 2.12 bits per heavy atom. The molecule has 0 bridgehead atoms. The third-order valence-corrected chi connectivity index (χ3v) is 15.1. The molecule has 5 rings (SSSR count). The van der Waals surface area contributed by atoms with Crippen molar-refractivity contribution in [3.05, 3.63) is 90.0 Å². The first-order valence-electron chi connectivity index (χ1n) is 15.9. The topological polar surface area (TPSA) is 38.7 Å². The van der Waals surface area contributed by atoms with Gasteiger partial charge in [-0.2, -0.15) is 0 Å². The molecule has 2 aliphatic carbocycles. The van der Waals surface area contributed by atoms with Crippen LogP contribution in [0.15, 0.2) is 78.9 Å². The Hall–Kier alpha value is -2.40. The second kappa shape index (κ2) is 12.9. The van der Waals surface area contributed by atoms with Crippen molar-refractivity contribution in [3.63, 3.8) is 0 Å². The summed E-state index contributed by atoms with van der Waals surface area (Å²) in [7, 11) is -0.885. The highest BCUT2D eigenvalue weighted by atomic mass is 28.4. The molecule has 0 aliphatic heterocycles. The van der Waals surface area contributed by atoms with Crippen LogP contribution in [0.1, 0.15) is 77.3 Å². The largest absolute Gasteiger partial charge is 0.496 e. The number of unbranched alkanes of at least 4 members (excludes halogenated alkanes) is 1. The Morgan fingerprint density at radius 2 is 1.54 bits per heavy atom. The number of benzene rings is 3. The highest BCUT2D eigenvalue weighted by Gasteiger charge is 2.55. The number of hydrogen-bond donors (Lipinski definition) is 1. The van der Waals surface area contributed by atoms with Gasteiger partial charge in [-0.15, -0.1) is 0 Å². The average molecular weight is 571 g/mol. The first-order valence-corrected chi connectivity index (χ1v) is 17.8. The highest BCUT2D eigenvalue weighted by molar-refractivity contribution is 6.99. The quantitative estimate of drug-likeness (QED) is 0.246. The van der Waals surface area contributed by atoms with Crippen molar-refractivity contribution >= 4 is 18.7 Å². The summed E-state index contributed by atoms with van der Waals surface area (Å²) in [4.78, 5) is 0. The highest BCUT2D eigenvalue weighted by Crippen LogP contribution is 2.51. The van der Waals surface area contributed by atoms with Crippen molar-refractivity contribution in [2.75, 3.05) is 7.11 Å². The molecule has 1 unspecified atom stereocenters. The minimum Gasteiger partial charge on any atom is -0.496 e. The fourth-order valence-electron chi connectivity index (χ4n) is 7.99. The molecule has 4 heteroatoms. The Bertz CT molecular complexity index is 1210. The number of hydrogen-bond acceptors (Lipinski definition) is 3.